The Bertz CT molecular complexity index is 855. The van der Waals surface area contributed by atoms with Crippen molar-refractivity contribution >= 4 is 28.4 Å². The number of aryl methyl sites for hydroxylation is 1. The van der Waals surface area contributed by atoms with Crippen molar-refractivity contribution in [2.75, 3.05) is 6.54 Å². The van der Waals surface area contributed by atoms with Crippen molar-refractivity contribution in [1.29, 1.82) is 0 Å². The van der Waals surface area contributed by atoms with Crippen molar-refractivity contribution < 1.29 is 9.18 Å². The number of rotatable bonds is 4. The number of nitrogens with zero attached hydrogens (tertiary/aromatic N) is 1. The van der Waals surface area contributed by atoms with E-state index in [1.807, 2.05) is 23.7 Å². The number of benzene rings is 2. The molecule has 0 saturated carbocycles. The third kappa shape index (κ3) is 3.22. The molecule has 5 heteroatoms. The second-order valence-corrected chi connectivity index (χ2v) is 5.80. The summed E-state index contributed by atoms with van der Waals surface area (Å²) in [6.07, 6.45) is 0.650. The van der Waals surface area contributed by atoms with Gasteiger partial charge in [-0.1, -0.05) is 29.8 Å². The number of carbonyl (C=O) groups excluding carboxylic acids is 1. The van der Waals surface area contributed by atoms with Gasteiger partial charge in [0.25, 0.3) is 5.91 Å². The quantitative estimate of drug-likeness (QED) is 0.772. The molecule has 0 unspecified atom stereocenters. The first-order valence-electron chi connectivity index (χ1n) is 7.33. The second kappa shape index (κ2) is 6.42. The molecule has 0 aliphatic heterocycles. The molecule has 0 aliphatic rings. The average Bonchev–Trinajstić information content (AvgIpc) is 2.88. The van der Waals surface area contributed by atoms with E-state index >= 15 is 0 Å². The molecule has 0 fully saturated rings. The van der Waals surface area contributed by atoms with Crippen LogP contribution in [-0.4, -0.2) is 17.0 Å². The molecule has 1 aromatic heterocycles. The van der Waals surface area contributed by atoms with E-state index in [9.17, 15) is 9.18 Å². The molecule has 0 bridgehead atoms. The highest BCUT2D eigenvalue weighted by atomic mass is 35.5. The SMILES string of the molecule is Cn1c(C(=O)NCCc2ccc(F)cc2)cc2c(Cl)cccc21. The highest BCUT2D eigenvalue weighted by Gasteiger charge is 2.14. The van der Waals surface area contributed by atoms with Crippen LogP contribution in [0.4, 0.5) is 4.39 Å². The standard InChI is InChI=1S/C18H16ClFN2O/c1-22-16-4-2-3-15(19)14(16)11-17(22)18(23)21-10-9-12-5-7-13(20)8-6-12/h2-8,11H,9-10H2,1H3,(H,21,23). The summed E-state index contributed by atoms with van der Waals surface area (Å²) < 4.78 is 14.7. The Morgan fingerprint density at radius 3 is 2.65 bits per heavy atom. The van der Waals surface area contributed by atoms with Crippen molar-refractivity contribution in [3.63, 3.8) is 0 Å². The van der Waals surface area contributed by atoms with Crippen LogP contribution >= 0.6 is 11.6 Å². The zero-order valence-corrected chi connectivity index (χ0v) is 13.4. The van der Waals surface area contributed by atoms with E-state index in [1.165, 1.54) is 12.1 Å². The van der Waals surface area contributed by atoms with Crippen molar-refractivity contribution in [3.8, 4) is 0 Å². The van der Waals surface area contributed by atoms with Gasteiger partial charge in [0.1, 0.15) is 11.5 Å². The summed E-state index contributed by atoms with van der Waals surface area (Å²) in [5, 5.41) is 4.38. The smallest absolute Gasteiger partial charge is 0.267 e. The molecule has 0 spiro atoms. The molecule has 0 radical (unpaired) electrons. The molecule has 2 aromatic carbocycles. The Labute approximate surface area is 138 Å². The Morgan fingerprint density at radius 1 is 1.22 bits per heavy atom. The Kier molecular flexibility index (Phi) is 4.35. The lowest BCUT2D eigenvalue weighted by atomic mass is 10.1. The van der Waals surface area contributed by atoms with Crippen LogP contribution in [0.2, 0.25) is 5.02 Å². The van der Waals surface area contributed by atoms with Crippen LogP contribution < -0.4 is 5.32 Å². The lowest BCUT2D eigenvalue weighted by molar-refractivity contribution is 0.0946. The third-order valence-corrected chi connectivity index (χ3v) is 4.21. The van der Waals surface area contributed by atoms with Crippen molar-refractivity contribution in [2.45, 2.75) is 6.42 Å². The lowest BCUT2D eigenvalue weighted by Gasteiger charge is -2.07. The minimum atomic E-state index is -0.259. The summed E-state index contributed by atoms with van der Waals surface area (Å²) in [6, 6.07) is 13.7. The zero-order valence-electron chi connectivity index (χ0n) is 12.6. The van der Waals surface area contributed by atoms with Crippen LogP contribution in [0.15, 0.2) is 48.5 Å². The number of hydrogen-bond acceptors (Lipinski definition) is 1. The van der Waals surface area contributed by atoms with E-state index in [2.05, 4.69) is 5.32 Å². The van der Waals surface area contributed by atoms with Gasteiger partial charge in [-0.2, -0.15) is 0 Å². The molecule has 1 heterocycles. The van der Waals surface area contributed by atoms with E-state index in [-0.39, 0.29) is 11.7 Å². The van der Waals surface area contributed by atoms with Crippen LogP contribution in [0.1, 0.15) is 16.1 Å². The monoisotopic (exact) mass is 330 g/mol. The number of amides is 1. The molecule has 3 nitrogen and oxygen atoms in total. The Hall–Kier alpha value is -2.33. The highest BCUT2D eigenvalue weighted by Crippen LogP contribution is 2.26. The van der Waals surface area contributed by atoms with Gasteiger partial charge in [0.05, 0.1) is 0 Å². The van der Waals surface area contributed by atoms with Crippen LogP contribution in [0.25, 0.3) is 10.9 Å². The summed E-state index contributed by atoms with van der Waals surface area (Å²) >= 11 is 6.17. The average molecular weight is 331 g/mol. The summed E-state index contributed by atoms with van der Waals surface area (Å²) in [6.45, 7) is 0.486. The summed E-state index contributed by atoms with van der Waals surface area (Å²) in [5.41, 5.74) is 2.46. The molecule has 23 heavy (non-hydrogen) atoms. The van der Waals surface area contributed by atoms with Crippen LogP contribution in [0, 0.1) is 5.82 Å². The molecule has 0 aliphatic carbocycles. The Morgan fingerprint density at radius 2 is 1.96 bits per heavy atom. The predicted octanol–water partition coefficient (Wildman–Crippen LogP) is 3.94. The predicted molar refractivity (Wildman–Crippen MR) is 90.4 cm³/mol. The number of halogens is 2. The highest BCUT2D eigenvalue weighted by molar-refractivity contribution is 6.35. The van der Waals surface area contributed by atoms with E-state index < -0.39 is 0 Å². The number of hydrogen-bond donors (Lipinski definition) is 1. The van der Waals surface area contributed by atoms with E-state index in [0.29, 0.717) is 23.7 Å². The fourth-order valence-electron chi connectivity index (χ4n) is 2.60. The maximum Gasteiger partial charge on any atom is 0.267 e. The van der Waals surface area contributed by atoms with Gasteiger partial charge in [0, 0.05) is 29.5 Å². The van der Waals surface area contributed by atoms with Crippen LogP contribution in [0.5, 0.6) is 0 Å². The summed E-state index contributed by atoms with van der Waals surface area (Å²) in [4.78, 5) is 12.4. The van der Waals surface area contributed by atoms with E-state index in [0.717, 1.165) is 16.5 Å². The molecule has 3 aromatic rings. The summed E-state index contributed by atoms with van der Waals surface area (Å²) in [5.74, 6) is -0.410. The first kappa shape index (κ1) is 15.6. The maximum atomic E-state index is 12.9. The van der Waals surface area contributed by atoms with Gasteiger partial charge < -0.3 is 9.88 Å². The molecule has 1 amide bonds. The van der Waals surface area contributed by atoms with Crippen LogP contribution in [-0.2, 0) is 13.5 Å². The Balaban J connectivity index is 1.70. The molecule has 3 rings (SSSR count). The maximum absolute atomic E-state index is 12.9. The van der Waals surface area contributed by atoms with Crippen LogP contribution in [0.3, 0.4) is 0 Å². The first-order chi connectivity index (χ1) is 11.1. The molecule has 0 atom stereocenters. The normalized spacial score (nSPS) is 10.9. The van der Waals surface area contributed by atoms with Crippen molar-refractivity contribution in [3.05, 3.63) is 70.6 Å². The third-order valence-electron chi connectivity index (χ3n) is 3.88. The fraction of sp³-hybridized carbons (Fsp3) is 0.167. The topological polar surface area (TPSA) is 34.0 Å². The molecule has 0 saturated heterocycles. The lowest BCUT2D eigenvalue weighted by Crippen LogP contribution is -2.27. The van der Waals surface area contributed by atoms with Gasteiger partial charge in [0.2, 0.25) is 0 Å². The minimum absolute atomic E-state index is 0.151. The minimum Gasteiger partial charge on any atom is -0.350 e. The molecular weight excluding hydrogens is 315 g/mol. The van der Waals surface area contributed by atoms with Gasteiger partial charge >= 0.3 is 0 Å². The van der Waals surface area contributed by atoms with E-state index in [4.69, 9.17) is 11.6 Å². The zero-order chi connectivity index (χ0) is 16.4. The largest absolute Gasteiger partial charge is 0.350 e. The number of fused-ring (bicyclic) bond motifs is 1. The van der Waals surface area contributed by atoms with E-state index in [1.54, 1.807) is 24.3 Å². The van der Waals surface area contributed by atoms with Gasteiger partial charge in [-0.05, 0) is 42.3 Å². The first-order valence-corrected chi connectivity index (χ1v) is 7.70. The van der Waals surface area contributed by atoms with Gasteiger partial charge in [-0.3, -0.25) is 4.79 Å². The number of aromatic nitrogens is 1. The molecular formula is C18H16ClFN2O. The van der Waals surface area contributed by atoms with Crippen molar-refractivity contribution in [1.82, 2.24) is 9.88 Å². The molecule has 1 N–H and O–H groups in total. The van der Waals surface area contributed by atoms with Gasteiger partial charge in [-0.25, -0.2) is 4.39 Å². The fourth-order valence-corrected chi connectivity index (χ4v) is 2.83. The van der Waals surface area contributed by atoms with Crippen molar-refractivity contribution in [2.24, 2.45) is 7.05 Å². The number of carbonyl (C=O) groups is 1. The second-order valence-electron chi connectivity index (χ2n) is 5.39. The van der Waals surface area contributed by atoms with Gasteiger partial charge in [0.15, 0.2) is 0 Å². The van der Waals surface area contributed by atoms with Gasteiger partial charge in [-0.15, -0.1) is 0 Å². The molecule has 118 valence electrons. The summed E-state index contributed by atoms with van der Waals surface area (Å²) in [7, 11) is 1.84. The number of nitrogens with one attached hydrogen (secondary N) is 1.